The molecule has 0 bridgehead atoms. The Labute approximate surface area is 76.2 Å². The van der Waals surface area contributed by atoms with Crippen LogP contribution in [0.4, 0.5) is 0 Å². The number of rotatable bonds is 2. The number of hydrogen-bond donors (Lipinski definition) is 0. The lowest BCUT2D eigenvalue weighted by atomic mass is 10.7. The van der Waals surface area contributed by atoms with Gasteiger partial charge in [-0.2, -0.15) is 0 Å². The van der Waals surface area contributed by atoms with Gasteiger partial charge < -0.3 is 4.42 Å². The zero-order valence-corrected chi connectivity index (χ0v) is 9.31. The van der Waals surface area contributed by atoms with Crippen molar-refractivity contribution >= 4 is 29.4 Å². The van der Waals surface area contributed by atoms with Crippen molar-refractivity contribution in [3.63, 3.8) is 0 Å². The molecule has 0 aliphatic rings. The summed E-state index contributed by atoms with van der Waals surface area (Å²) < 4.78 is 6.25. The quantitative estimate of drug-likeness (QED) is 0.713. The van der Waals surface area contributed by atoms with Crippen LogP contribution in [0.5, 0.6) is 0 Å². The minimum absolute atomic E-state index is 0.801. The molecular formula is C8H11BrOSi. The molecule has 1 aromatic heterocycles. The van der Waals surface area contributed by atoms with Gasteiger partial charge >= 0.3 is 0 Å². The predicted octanol–water partition coefficient (Wildman–Crippen LogP) is 2.68. The first-order chi connectivity index (χ1) is 5.06. The first-order valence-electron chi connectivity index (χ1n) is 3.45. The van der Waals surface area contributed by atoms with E-state index in [1.807, 2.05) is 17.8 Å². The fraction of sp³-hybridized carbons (Fsp3) is 0.250. The van der Waals surface area contributed by atoms with Crippen molar-refractivity contribution in [3.05, 3.63) is 29.1 Å². The molecule has 0 fully saturated rings. The zero-order valence-electron chi connectivity index (χ0n) is 6.73. The highest BCUT2D eigenvalue weighted by molar-refractivity contribution is 9.10. The largest absolute Gasteiger partial charge is 0.459 e. The van der Waals surface area contributed by atoms with E-state index >= 15 is 0 Å². The molecule has 0 amide bonds. The summed E-state index contributed by atoms with van der Waals surface area (Å²) >= 11 is 3.28. The van der Waals surface area contributed by atoms with Crippen LogP contribution in [-0.2, 0) is 0 Å². The van der Waals surface area contributed by atoms with E-state index in [9.17, 15) is 0 Å². The van der Waals surface area contributed by atoms with E-state index in [0.717, 1.165) is 10.1 Å². The first-order valence-corrected chi connectivity index (χ1v) is 7.33. The highest BCUT2D eigenvalue weighted by atomic mass is 79.9. The van der Waals surface area contributed by atoms with Gasteiger partial charge in [0.05, 0.1) is 5.38 Å². The summed E-state index contributed by atoms with van der Waals surface area (Å²) in [7, 11) is -1.47. The Hall–Kier alpha value is -0.283. The van der Waals surface area contributed by atoms with Crippen molar-refractivity contribution in [1.82, 2.24) is 0 Å². The molecular weight excluding hydrogens is 220 g/mol. The number of hydrogen-bond acceptors (Lipinski definition) is 1. The molecule has 0 spiro atoms. The van der Waals surface area contributed by atoms with E-state index in [-0.39, 0.29) is 0 Å². The molecule has 0 atom stereocenters. The summed E-state index contributed by atoms with van der Waals surface area (Å²) in [6.45, 7) is 8.20. The molecule has 1 aromatic rings. The Kier molecular flexibility index (Phi) is 2.39. The van der Waals surface area contributed by atoms with Gasteiger partial charge in [0.15, 0.2) is 4.67 Å². The molecule has 0 aliphatic carbocycles. The fourth-order valence-electron chi connectivity index (χ4n) is 0.761. The van der Waals surface area contributed by atoms with Gasteiger partial charge in [-0.3, -0.25) is 0 Å². The maximum absolute atomic E-state index is 5.45. The van der Waals surface area contributed by atoms with E-state index in [4.69, 9.17) is 4.42 Å². The van der Waals surface area contributed by atoms with Crippen LogP contribution in [-0.4, -0.2) is 8.07 Å². The van der Waals surface area contributed by atoms with Gasteiger partial charge in [0.25, 0.3) is 0 Å². The van der Waals surface area contributed by atoms with Crippen LogP contribution in [0.1, 0.15) is 0 Å². The van der Waals surface area contributed by atoms with Crippen LogP contribution in [0.25, 0.3) is 0 Å². The van der Waals surface area contributed by atoms with Gasteiger partial charge in [-0.1, -0.05) is 18.8 Å². The summed E-state index contributed by atoms with van der Waals surface area (Å²) in [5.74, 6) is 0. The summed E-state index contributed by atoms with van der Waals surface area (Å²) in [4.78, 5) is 0. The van der Waals surface area contributed by atoms with Gasteiger partial charge in [0.1, 0.15) is 8.07 Å². The first kappa shape index (κ1) is 8.81. The average molecular weight is 231 g/mol. The Morgan fingerprint density at radius 2 is 2.18 bits per heavy atom. The van der Waals surface area contributed by atoms with Gasteiger partial charge in [-0.25, -0.2) is 0 Å². The molecule has 0 N–H and O–H groups in total. The minimum atomic E-state index is -1.47. The van der Waals surface area contributed by atoms with E-state index in [2.05, 4.69) is 35.6 Å². The standard InChI is InChI=1S/C8H11BrOSi/c1-4-11(2,3)8-6-5-7(9)10-8/h4-6H,1H2,2-3H3. The molecule has 3 heteroatoms. The highest BCUT2D eigenvalue weighted by Crippen LogP contribution is 2.12. The predicted molar refractivity (Wildman–Crippen MR) is 53.7 cm³/mol. The third-order valence-corrected chi connectivity index (χ3v) is 4.70. The summed E-state index contributed by atoms with van der Waals surface area (Å²) in [6.07, 6.45) is 0. The fourth-order valence-corrected chi connectivity index (χ4v) is 2.30. The normalized spacial score (nSPS) is 11.5. The lowest BCUT2D eigenvalue weighted by molar-refractivity contribution is 0.570. The minimum Gasteiger partial charge on any atom is -0.459 e. The second-order valence-corrected chi connectivity index (χ2v) is 8.16. The van der Waals surface area contributed by atoms with E-state index in [0.29, 0.717) is 0 Å². The lowest BCUT2D eigenvalue weighted by Gasteiger charge is -2.12. The van der Waals surface area contributed by atoms with Crippen molar-refractivity contribution in [2.75, 3.05) is 0 Å². The second-order valence-electron chi connectivity index (χ2n) is 3.03. The van der Waals surface area contributed by atoms with E-state index < -0.39 is 8.07 Å². The molecule has 0 unspecified atom stereocenters. The van der Waals surface area contributed by atoms with Gasteiger partial charge in [-0.05, 0) is 28.1 Å². The third-order valence-electron chi connectivity index (χ3n) is 1.72. The number of furan rings is 1. The van der Waals surface area contributed by atoms with E-state index in [1.54, 1.807) is 0 Å². The molecule has 0 radical (unpaired) electrons. The summed E-state index contributed by atoms with van der Waals surface area (Å²) in [5.41, 5.74) is 2.01. The van der Waals surface area contributed by atoms with Crippen molar-refractivity contribution in [3.8, 4) is 0 Å². The lowest BCUT2D eigenvalue weighted by Crippen LogP contribution is -2.37. The van der Waals surface area contributed by atoms with Crippen LogP contribution in [0.3, 0.4) is 0 Å². The molecule has 60 valence electrons. The molecule has 1 nitrogen and oxygen atoms in total. The van der Waals surface area contributed by atoms with Gasteiger partial charge in [0.2, 0.25) is 0 Å². The maximum atomic E-state index is 5.45. The Balaban J connectivity index is 3.01. The molecule has 0 saturated heterocycles. The van der Waals surface area contributed by atoms with Crippen LogP contribution in [0, 0.1) is 0 Å². The Bertz CT molecular complexity index is 265. The van der Waals surface area contributed by atoms with Crippen LogP contribution >= 0.6 is 15.9 Å². The topological polar surface area (TPSA) is 13.1 Å². The maximum Gasteiger partial charge on any atom is 0.168 e. The van der Waals surface area contributed by atoms with Crippen molar-refractivity contribution < 1.29 is 4.42 Å². The molecule has 0 aromatic carbocycles. The molecule has 1 heterocycles. The summed E-state index contributed by atoms with van der Waals surface area (Å²) in [6, 6.07) is 3.94. The van der Waals surface area contributed by atoms with Gasteiger partial charge in [0, 0.05) is 0 Å². The van der Waals surface area contributed by atoms with Crippen molar-refractivity contribution in [2.24, 2.45) is 0 Å². The Morgan fingerprint density at radius 3 is 2.55 bits per heavy atom. The number of halogens is 1. The zero-order chi connectivity index (χ0) is 8.48. The molecule has 0 aliphatic heterocycles. The second kappa shape index (κ2) is 2.99. The highest BCUT2D eigenvalue weighted by Gasteiger charge is 2.22. The van der Waals surface area contributed by atoms with Crippen LogP contribution in [0.2, 0.25) is 13.1 Å². The molecule has 11 heavy (non-hydrogen) atoms. The SMILES string of the molecule is C=C[Si](C)(C)c1ccc(Br)o1. The monoisotopic (exact) mass is 230 g/mol. The summed E-state index contributed by atoms with van der Waals surface area (Å²) in [5, 5.41) is 1.07. The average Bonchev–Trinajstić information content (AvgIpc) is 2.36. The van der Waals surface area contributed by atoms with Crippen LogP contribution in [0.15, 0.2) is 33.5 Å². The molecule has 0 saturated carbocycles. The molecule has 1 rings (SSSR count). The van der Waals surface area contributed by atoms with Crippen molar-refractivity contribution in [1.29, 1.82) is 0 Å². The Morgan fingerprint density at radius 1 is 1.55 bits per heavy atom. The third kappa shape index (κ3) is 1.84. The van der Waals surface area contributed by atoms with Crippen LogP contribution < -0.4 is 5.38 Å². The van der Waals surface area contributed by atoms with Crippen molar-refractivity contribution in [2.45, 2.75) is 13.1 Å². The van der Waals surface area contributed by atoms with E-state index in [1.165, 1.54) is 0 Å². The smallest absolute Gasteiger partial charge is 0.168 e. The van der Waals surface area contributed by atoms with Gasteiger partial charge in [-0.15, -0.1) is 6.58 Å².